The number of nitrogens with one attached hydrogen (secondary N) is 1. The lowest BCUT2D eigenvalue weighted by molar-refractivity contribution is 0.307. The molecule has 1 aliphatic heterocycles. The maximum atomic E-state index is 4.61. The van der Waals surface area contributed by atoms with Gasteiger partial charge in [-0.2, -0.15) is 5.10 Å². The van der Waals surface area contributed by atoms with E-state index in [0.29, 0.717) is 6.04 Å². The fraction of sp³-hybridized carbons (Fsp3) is 0.571. The second-order valence-electron chi connectivity index (χ2n) is 5.52. The van der Waals surface area contributed by atoms with E-state index in [9.17, 15) is 0 Å². The summed E-state index contributed by atoms with van der Waals surface area (Å²) in [6.07, 6.45) is 2.95. The summed E-state index contributed by atoms with van der Waals surface area (Å²) >= 11 is 0. The molecule has 0 aliphatic carbocycles. The molecule has 19 heavy (non-hydrogen) atoms. The van der Waals surface area contributed by atoms with E-state index in [1.807, 2.05) is 0 Å². The molecule has 0 bridgehead atoms. The summed E-state index contributed by atoms with van der Waals surface area (Å²) in [4.78, 5) is 9.98. The Morgan fingerprint density at radius 2 is 2.21 bits per heavy atom. The highest BCUT2D eigenvalue weighted by Crippen LogP contribution is 2.24. The molecule has 1 atom stereocenters. The number of aromatic nitrogens is 4. The third-order valence-corrected chi connectivity index (χ3v) is 3.95. The molecule has 1 N–H and O–H groups in total. The standard InChI is InChI=1S/C14H21N5/c1-10-6-11(2)19(17-10)13-4-5-18(7-13)8-14-12(3)15-9-16-14/h6,9,13H,4-5,7-8H2,1-3H3,(H,15,16)/t13-/m1/s1. The molecule has 0 unspecified atom stereocenters. The first-order valence-corrected chi connectivity index (χ1v) is 6.87. The lowest BCUT2D eigenvalue weighted by Crippen LogP contribution is -2.22. The zero-order valence-electron chi connectivity index (χ0n) is 11.8. The van der Waals surface area contributed by atoms with Gasteiger partial charge < -0.3 is 4.98 Å². The maximum Gasteiger partial charge on any atom is 0.0925 e. The van der Waals surface area contributed by atoms with Crippen LogP contribution in [0.25, 0.3) is 0 Å². The molecule has 5 heteroatoms. The smallest absolute Gasteiger partial charge is 0.0925 e. The average molecular weight is 259 g/mol. The highest BCUT2D eigenvalue weighted by atomic mass is 15.3. The summed E-state index contributed by atoms with van der Waals surface area (Å²) in [6, 6.07) is 2.66. The van der Waals surface area contributed by atoms with Crippen molar-refractivity contribution in [2.24, 2.45) is 0 Å². The largest absolute Gasteiger partial charge is 0.348 e. The number of H-pyrrole nitrogens is 1. The van der Waals surface area contributed by atoms with Gasteiger partial charge in [0.1, 0.15) is 0 Å². The molecule has 1 fully saturated rings. The Labute approximate surface area is 113 Å². The molecule has 0 aromatic carbocycles. The molecular weight excluding hydrogens is 238 g/mol. The summed E-state index contributed by atoms with van der Waals surface area (Å²) in [6.45, 7) is 9.40. The molecule has 0 amide bonds. The normalized spacial score (nSPS) is 20.3. The summed E-state index contributed by atoms with van der Waals surface area (Å²) in [7, 11) is 0. The Hall–Kier alpha value is -1.62. The van der Waals surface area contributed by atoms with E-state index in [0.717, 1.165) is 31.0 Å². The topological polar surface area (TPSA) is 49.7 Å². The minimum Gasteiger partial charge on any atom is -0.348 e. The van der Waals surface area contributed by atoms with Crippen LogP contribution < -0.4 is 0 Å². The SMILES string of the molecule is Cc1cc(C)n([C@@H]2CCN(Cc3nc[nH]c3C)C2)n1. The Balaban J connectivity index is 1.67. The van der Waals surface area contributed by atoms with Crippen molar-refractivity contribution in [3.63, 3.8) is 0 Å². The number of hydrogen-bond donors (Lipinski definition) is 1. The van der Waals surface area contributed by atoms with Crippen LogP contribution in [0.4, 0.5) is 0 Å². The van der Waals surface area contributed by atoms with Crippen molar-refractivity contribution in [1.82, 2.24) is 24.6 Å². The second-order valence-corrected chi connectivity index (χ2v) is 5.52. The predicted octanol–water partition coefficient (Wildman–Crippen LogP) is 1.98. The highest BCUT2D eigenvalue weighted by molar-refractivity contribution is 5.10. The zero-order valence-corrected chi connectivity index (χ0v) is 11.8. The van der Waals surface area contributed by atoms with Crippen LogP contribution in [-0.2, 0) is 6.54 Å². The van der Waals surface area contributed by atoms with Gasteiger partial charge in [0.2, 0.25) is 0 Å². The molecule has 2 aromatic heterocycles. The summed E-state index contributed by atoms with van der Waals surface area (Å²) in [5.41, 5.74) is 4.71. The minimum atomic E-state index is 0.507. The molecule has 3 heterocycles. The number of aryl methyl sites for hydroxylation is 3. The molecule has 2 aromatic rings. The molecule has 3 rings (SSSR count). The van der Waals surface area contributed by atoms with Gasteiger partial charge in [-0.3, -0.25) is 9.58 Å². The first kappa shape index (κ1) is 12.4. The van der Waals surface area contributed by atoms with Gasteiger partial charge >= 0.3 is 0 Å². The number of hydrogen-bond acceptors (Lipinski definition) is 3. The van der Waals surface area contributed by atoms with Gasteiger partial charge in [-0.05, 0) is 33.3 Å². The van der Waals surface area contributed by atoms with Crippen LogP contribution in [0, 0.1) is 20.8 Å². The van der Waals surface area contributed by atoms with Gasteiger partial charge in [0, 0.05) is 31.0 Å². The van der Waals surface area contributed by atoms with E-state index in [2.05, 4.69) is 51.5 Å². The summed E-state index contributed by atoms with van der Waals surface area (Å²) < 4.78 is 2.19. The van der Waals surface area contributed by atoms with E-state index >= 15 is 0 Å². The molecule has 1 aliphatic rings. The number of imidazole rings is 1. The average Bonchev–Trinajstić information content (AvgIpc) is 3.03. The second kappa shape index (κ2) is 4.81. The number of aromatic amines is 1. The molecule has 0 saturated carbocycles. The fourth-order valence-electron chi connectivity index (χ4n) is 2.93. The Morgan fingerprint density at radius 3 is 2.84 bits per heavy atom. The molecular formula is C14H21N5. The number of rotatable bonds is 3. The van der Waals surface area contributed by atoms with Crippen molar-refractivity contribution in [3.8, 4) is 0 Å². The van der Waals surface area contributed by atoms with Crippen molar-refractivity contribution in [2.45, 2.75) is 39.8 Å². The minimum absolute atomic E-state index is 0.507. The zero-order chi connectivity index (χ0) is 13.4. The van der Waals surface area contributed by atoms with E-state index < -0.39 is 0 Å². The van der Waals surface area contributed by atoms with E-state index in [1.165, 1.54) is 17.8 Å². The predicted molar refractivity (Wildman–Crippen MR) is 74.0 cm³/mol. The monoisotopic (exact) mass is 259 g/mol. The van der Waals surface area contributed by atoms with Crippen molar-refractivity contribution < 1.29 is 0 Å². The Bertz CT molecular complexity index is 568. The number of likely N-dealkylation sites (tertiary alicyclic amines) is 1. The molecule has 102 valence electrons. The van der Waals surface area contributed by atoms with Gasteiger partial charge in [-0.1, -0.05) is 0 Å². The van der Waals surface area contributed by atoms with Crippen LogP contribution >= 0.6 is 0 Å². The highest BCUT2D eigenvalue weighted by Gasteiger charge is 2.26. The van der Waals surface area contributed by atoms with Crippen molar-refractivity contribution in [3.05, 3.63) is 35.2 Å². The van der Waals surface area contributed by atoms with Gasteiger partial charge in [0.05, 0.1) is 23.8 Å². The molecule has 0 radical (unpaired) electrons. The third-order valence-electron chi connectivity index (χ3n) is 3.95. The van der Waals surface area contributed by atoms with Crippen LogP contribution in [-0.4, -0.2) is 37.7 Å². The molecule has 1 saturated heterocycles. The quantitative estimate of drug-likeness (QED) is 0.917. The van der Waals surface area contributed by atoms with E-state index in [4.69, 9.17) is 0 Å². The summed E-state index contributed by atoms with van der Waals surface area (Å²) in [5.74, 6) is 0. The lowest BCUT2D eigenvalue weighted by Gasteiger charge is -2.16. The lowest BCUT2D eigenvalue weighted by atomic mass is 10.2. The van der Waals surface area contributed by atoms with E-state index in [1.54, 1.807) is 6.33 Å². The van der Waals surface area contributed by atoms with Gasteiger partial charge in [-0.25, -0.2) is 4.98 Å². The molecule has 0 spiro atoms. The van der Waals surface area contributed by atoms with Crippen molar-refractivity contribution in [2.75, 3.05) is 13.1 Å². The Morgan fingerprint density at radius 1 is 1.37 bits per heavy atom. The van der Waals surface area contributed by atoms with Gasteiger partial charge in [0.15, 0.2) is 0 Å². The number of nitrogens with zero attached hydrogens (tertiary/aromatic N) is 4. The fourth-order valence-corrected chi connectivity index (χ4v) is 2.93. The van der Waals surface area contributed by atoms with Crippen molar-refractivity contribution >= 4 is 0 Å². The van der Waals surface area contributed by atoms with Crippen LogP contribution in [0.1, 0.15) is 35.2 Å². The van der Waals surface area contributed by atoms with Crippen LogP contribution in [0.5, 0.6) is 0 Å². The Kier molecular flexibility index (Phi) is 3.14. The molecule has 5 nitrogen and oxygen atoms in total. The van der Waals surface area contributed by atoms with E-state index in [-0.39, 0.29) is 0 Å². The first-order chi connectivity index (χ1) is 9.13. The van der Waals surface area contributed by atoms with Gasteiger partial charge in [0.25, 0.3) is 0 Å². The van der Waals surface area contributed by atoms with Gasteiger partial charge in [-0.15, -0.1) is 0 Å². The first-order valence-electron chi connectivity index (χ1n) is 6.87. The summed E-state index contributed by atoms with van der Waals surface area (Å²) in [5, 5.41) is 4.61. The maximum absolute atomic E-state index is 4.61. The van der Waals surface area contributed by atoms with Crippen LogP contribution in [0.3, 0.4) is 0 Å². The third kappa shape index (κ3) is 2.42. The van der Waals surface area contributed by atoms with Crippen molar-refractivity contribution in [1.29, 1.82) is 0 Å². The van der Waals surface area contributed by atoms with Crippen LogP contribution in [0.15, 0.2) is 12.4 Å². The van der Waals surface area contributed by atoms with Crippen LogP contribution in [0.2, 0.25) is 0 Å².